The first-order chi connectivity index (χ1) is 14.3. The molecule has 0 spiro atoms. The van der Waals surface area contributed by atoms with Crippen molar-refractivity contribution in [1.82, 2.24) is 4.57 Å². The number of rotatable bonds is 8. The van der Waals surface area contributed by atoms with E-state index in [-0.39, 0.29) is 19.0 Å². The lowest BCUT2D eigenvalue weighted by Crippen LogP contribution is -2.20. The van der Waals surface area contributed by atoms with Gasteiger partial charge >= 0.3 is 11.6 Å². The number of ether oxygens (including phenoxy) is 2. The van der Waals surface area contributed by atoms with Gasteiger partial charge in [-0.15, -0.1) is 0 Å². The summed E-state index contributed by atoms with van der Waals surface area (Å²) < 4.78 is 17.7. The molecule has 3 rings (SSSR count). The van der Waals surface area contributed by atoms with Crippen LogP contribution in [0.5, 0.6) is 5.75 Å². The van der Waals surface area contributed by atoms with Crippen LogP contribution in [-0.2, 0) is 16.1 Å². The highest BCUT2D eigenvalue weighted by atomic mass is 16.6. The molecule has 0 bridgehead atoms. The first kappa shape index (κ1) is 21.4. The van der Waals surface area contributed by atoms with E-state index in [0.29, 0.717) is 16.9 Å². The first-order valence-corrected chi connectivity index (χ1v) is 9.83. The Morgan fingerprint density at radius 2 is 1.83 bits per heavy atom. The molecule has 0 aliphatic rings. The van der Waals surface area contributed by atoms with Gasteiger partial charge in [0.2, 0.25) is 5.78 Å². The Morgan fingerprint density at radius 3 is 2.57 bits per heavy atom. The molecule has 0 N–H and O–H groups in total. The fourth-order valence-corrected chi connectivity index (χ4v) is 3.45. The number of ketones is 1. The molecule has 2 heterocycles. The van der Waals surface area contributed by atoms with E-state index in [1.165, 1.54) is 6.07 Å². The summed E-state index contributed by atoms with van der Waals surface area (Å²) >= 11 is 0. The standard InChI is InChI=1S/C23H25NO6/c1-5-8-24-15(3)10-19(16(24)4)20(25)12-29-23(27)13-28-17-6-7-18-14(2)9-22(26)30-21(18)11-17/h6-7,9-11H,5,8,12-13H2,1-4H3. The minimum absolute atomic E-state index is 0.248. The van der Waals surface area contributed by atoms with Crippen molar-refractivity contribution in [3.63, 3.8) is 0 Å². The summed E-state index contributed by atoms with van der Waals surface area (Å²) in [6.45, 7) is 7.87. The largest absolute Gasteiger partial charge is 0.482 e. The zero-order valence-corrected chi connectivity index (χ0v) is 17.6. The van der Waals surface area contributed by atoms with Gasteiger partial charge in [0.15, 0.2) is 13.2 Å². The van der Waals surface area contributed by atoms with Crippen molar-refractivity contribution in [2.75, 3.05) is 13.2 Å². The van der Waals surface area contributed by atoms with Crippen molar-refractivity contribution < 1.29 is 23.5 Å². The lowest BCUT2D eigenvalue weighted by Gasteiger charge is -2.09. The van der Waals surface area contributed by atoms with Crippen LogP contribution < -0.4 is 10.4 Å². The van der Waals surface area contributed by atoms with Crippen molar-refractivity contribution in [1.29, 1.82) is 0 Å². The minimum Gasteiger partial charge on any atom is -0.482 e. The van der Waals surface area contributed by atoms with Crippen molar-refractivity contribution in [2.45, 2.75) is 40.7 Å². The highest BCUT2D eigenvalue weighted by molar-refractivity contribution is 5.99. The Balaban J connectivity index is 1.58. The van der Waals surface area contributed by atoms with Crippen LogP contribution in [0.2, 0.25) is 0 Å². The van der Waals surface area contributed by atoms with Crippen LogP contribution in [-0.4, -0.2) is 29.5 Å². The molecule has 0 fully saturated rings. The van der Waals surface area contributed by atoms with E-state index >= 15 is 0 Å². The quantitative estimate of drug-likeness (QED) is 0.319. The van der Waals surface area contributed by atoms with Gasteiger partial charge in [-0.3, -0.25) is 4.79 Å². The Labute approximate surface area is 174 Å². The summed E-state index contributed by atoms with van der Waals surface area (Å²) in [5.41, 5.74) is 3.17. The predicted octanol–water partition coefficient (Wildman–Crippen LogP) is 3.73. The van der Waals surface area contributed by atoms with Gasteiger partial charge in [0.05, 0.1) is 0 Å². The molecule has 0 atom stereocenters. The molecular weight excluding hydrogens is 386 g/mol. The molecule has 7 heteroatoms. The van der Waals surface area contributed by atoms with Crippen molar-refractivity contribution >= 4 is 22.7 Å². The summed E-state index contributed by atoms with van der Waals surface area (Å²) in [6, 6.07) is 8.21. The van der Waals surface area contributed by atoms with Crippen LogP contribution in [0.3, 0.4) is 0 Å². The maximum Gasteiger partial charge on any atom is 0.344 e. The molecule has 2 aromatic heterocycles. The van der Waals surface area contributed by atoms with Crippen molar-refractivity contribution in [3.05, 3.63) is 63.3 Å². The zero-order valence-electron chi connectivity index (χ0n) is 17.6. The SMILES string of the molecule is CCCn1c(C)cc(C(=O)COC(=O)COc2ccc3c(C)cc(=O)oc3c2)c1C. The van der Waals surface area contributed by atoms with E-state index in [1.54, 1.807) is 18.2 Å². The van der Waals surface area contributed by atoms with Gasteiger partial charge in [-0.05, 0) is 51.0 Å². The molecule has 30 heavy (non-hydrogen) atoms. The molecular formula is C23H25NO6. The Bertz CT molecular complexity index is 1150. The summed E-state index contributed by atoms with van der Waals surface area (Å²) in [5, 5.41) is 0.788. The molecule has 158 valence electrons. The summed E-state index contributed by atoms with van der Waals surface area (Å²) in [7, 11) is 0. The lowest BCUT2D eigenvalue weighted by molar-refractivity contribution is -0.144. The smallest absolute Gasteiger partial charge is 0.344 e. The van der Waals surface area contributed by atoms with E-state index in [9.17, 15) is 14.4 Å². The Morgan fingerprint density at radius 1 is 1.07 bits per heavy atom. The Kier molecular flexibility index (Phi) is 6.40. The fourth-order valence-electron chi connectivity index (χ4n) is 3.45. The summed E-state index contributed by atoms with van der Waals surface area (Å²) in [4.78, 5) is 36.0. The maximum atomic E-state index is 12.5. The number of carbonyl (C=O) groups excluding carboxylic acids is 2. The molecule has 7 nitrogen and oxygen atoms in total. The second kappa shape index (κ2) is 8.98. The van der Waals surface area contributed by atoms with Crippen LogP contribution in [0.4, 0.5) is 0 Å². The van der Waals surface area contributed by atoms with Crippen molar-refractivity contribution in [3.8, 4) is 5.75 Å². The zero-order chi connectivity index (χ0) is 21.8. The molecule has 0 radical (unpaired) electrons. The highest BCUT2D eigenvalue weighted by Gasteiger charge is 2.17. The van der Waals surface area contributed by atoms with Gasteiger partial charge in [0.25, 0.3) is 0 Å². The number of nitrogens with zero attached hydrogens (tertiary/aromatic N) is 1. The topological polar surface area (TPSA) is 87.7 Å². The van der Waals surface area contributed by atoms with Crippen LogP contribution in [0, 0.1) is 20.8 Å². The number of fused-ring (bicyclic) bond motifs is 1. The number of hydrogen-bond donors (Lipinski definition) is 0. The number of hydrogen-bond acceptors (Lipinski definition) is 6. The van der Waals surface area contributed by atoms with Gasteiger partial charge < -0.3 is 18.5 Å². The molecule has 0 aliphatic heterocycles. The number of Topliss-reactive ketones (excluding diaryl/α,β-unsaturated/α-hetero) is 1. The molecule has 0 saturated heterocycles. The van der Waals surface area contributed by atoms with Gasteiger partial charge in [-0.25, -0.2) is 9.59 Å². The summed E-state index contributed by atoms with van der Waals surface area (Å²) in [6.07, 6.45) is 0.966. The lowest BCUT2D eigenvalue weighted by atomic mass is 10.1. The van der Waals surface area contributed by atoms with Crippen LogP contribution >= 0.6 is 0 Å². The third-order valence-electron chi connectivity index (χ3n) is 4.97. The molecule has 0 aliphatic carbocycles. The van der Waals surface area contributed by atoms with E-state index in [2.05, 4.69) is 11.5 Å². The normalized spacial score (nSPS) is 10.9. The number of benzene rings is 1. The summed E-state index contributed by atoms with van der Waals surface area (Å²) in [5.74, 6) is -0.541. The average Bonchev–Trinajstić information content (AvgIpc) is 2.98. The van der Waals surface area contributed by atoms with E-state index in [1.807, 2.05) is 26.8 Å². The van der Waals surface area contributed by atoms with Crippen molar-refractivity contribution in [2.24, 2.45) is 0 Å². The minimum atomic E-state index is -0.656. The van der Waals surface area contributed by atoms with Gasteiger partial charge in [-0.2, -0.15) is 0 Å². The third-order valence-corrected chi connectivity index (χ3v) is 4.97. The molecule has 0 unspecified atom stereocenters. The Hall–Kier alpha value is -3.35. The fraction of sp³-hybridized carbons (Fsp3) is 0.348. The molecule has 0 saturated carbocycles. The van der Waals surface area contributed by atoms with Gasteiger partial charge in [0.1, 0.15) is 11.3 Å². The van der Waals surface area contributed by atoms with Gasteiger partial charge in [-0.1, -0.05) is 6.92 Å². The predicted molar refractivity (Wildman–Crippen MR) is 112 cm³/mol. The van der Waals surface area contributed by atoms with Crippen LogP contribution in [0.25, 0.3) is 11.0 Å². The first-order valence-electron chi connectivity index (χ1n) is 9.83. The highest BCUT2D eigenvalue weighted by Crippen LogP contribution is 2.22. The number of esters is 1. The number of carbonyl (C=O) groups is 2. The maximum absolute atomic E-state index is 12.5. The van der Waals surface area contributed by atoms with Gasteiger partial charge in [0, 0.05) is 41.0 Å². The second-order valence-corrected chi connectivity index (χ2v) is 7.22. The average molecular weight is 411 g/mol. The van der Waals surface area contributed by atoms with Crippen LogP contribution in [0.15, 0.2) is 39.5 Å². The third kappa shape index (κ3) is 4.62. The number of aromatic nitrogens is 1. The van der Waals surface area contributed by atoms with E-state index in [0.717, 1.165) is 35.3 Å². The molecule has 3 aromatic rings. The monoisotopic (exact) mass is 411 g/mol. The molecule has 1 aromatic carbocycles. The van der Waals surface area contributed by atoms with E-state index in [4.69, 9.17) is 13.9 Å². The molecule has 0 amide bonds. The second-order valence-electron chi connectivity index (χ2n) is 7.22. The van der Waals surface area contributed by atoms with E-state index < -0.39 is 11.6 Å². The number of aryl methyl sites for hydroxylation is 2. The van der Waals surface area contributed by atoms with Crippen LogP contribution in [0.1, 0.15) is 40.7 Å².